The van der Waals surface area contributed by atoms with E-state index in [-0.39, 0.29) is 0 Å². The summed E-state index contributed by atoms with van der Waals surface area (Å²) < 4.78 is 5.48. The Bertz CT molecular complexity index is 198. The predicted molar refractivity (Wildman–Crippen MR) is 71.3 cm³/mol. The van der Waals surface area contributed by atoms with Crippen LogP contribution in [0.3, 0.4) is 0 Å². The maximum Gasteiger partial charge on any atom is 0.0620 e. The zero-order valence-electron chi connectivity index (χ0n) is 11.2. The lowest BCUT2D eigenvalue weighted by Gasteiger charge is -2.27. The lowest BCUT2D eigenvalue weighted by atomic mass is 10.0. The summed E-state index contributed by atoms with van der Waals surface area (Å²) in [6, 6.07) is 1.16. The van der Waals surface area contributed by atoms with Crippen molar-refractivity contribution in [1.82, 2.24) is 10.6 Å². The molecule has 3 heteroatoms. The highest BCUT2D eigenvalue weighted by atomic mass is 16.5. The Morgan fingerprint density at radius 1 is 1.35 bits per heavy atom. The van der Waals surface area contributed by atoms with E-state index in [2.05, 4.69) is 17.6 Å². The summed E-state index contributed by atoms with van der Waals surface area (Å²) in [5.41, 5.74) is 0. The fraction of sp³-hybridized carbons (Fsp3) is 1.00. The number of nitrogens with one attached hydrogen (secondary N) is 2. The van der Waals surface area contributed by atoms with Gasteiger partial charge < -0.3 is 15.4 Å². The highest BCUT2D eigenvalue weighted by Gasteiger charge is 2.17. The van der Waals surface area contributed by atoms with E-state index in [4.69, 9.17) is 4.74 Å². The molecule has 0 aromatic rings. The van der Waals surface area contributed by atoms with Gasteiger partial charge in [0, 0.05) is 18.6 Å². The first-order valence-electron chi connectivity index (χ1n) is 7.39. The van der Waals surface area contributed by atoms with Gasteiger partial charge in [0.25, 0.3) is 0 Å². The molecule has 2 unspecified atom stereocenters. The topological polar surface area (TPSA) is 33.3 Å². The van der Waals surface area contributed by atoms with Crippen LogP contribution in [0.25, 0.3) is 0 Å². The van der Waals surface area contributed by atoms with Crippen LogP contribution in [0.15, 0.2) is 0 Å². The van der Waals surface area contributed by atoms with Gasteiger partial charge in [-0.25, -0.2) is 0 Å². The molecule has 100 valence electrons. The van der Waals surface area contributed by atoms with Crippen LogP contribution >= 0.6 is 0 Å². The van der Waals surface area contributed by atoms with E-state index in [0.29, 0.717) is 12.1 Å². The maximum atomic E-state index is 5.48. The van der Waals surface area contributed by atoms with Gasteiger partial charge in [0.2, 0.25) is 0 Å². The van der Waals surface area contributed by atoms with Gasteiger partial charge in [0.05, 0.1) is 13.2 Å². The number of rotatable bonds is 6. The van der Waals surface area contributed by atoms with Crippen molar-refractivity contribution in [3.05, 3.63) is 0 Å². The molecule has 0 aromatic carbocycles. The van der Waals surface area contributed by atoms with Gasteiger partial charge in [0.1, 0.15) is 0 Å². The second-order valence-corrected chi connectivity index (χ2v) is 5.76. The molecule has 1 saturated heterocycles. The lowest BCUT2D eigenvalue weighted by Crippen LogP contribution is -2.45. The van der Waals surface area contributed by atoms with Crippen LogP contribution in [0.2, 0.25) is 0 Å². The van der Waals surface area contributed by atoms with E-state index >= 15 is 0 Å². The molecule has 2 fully saturated rings. The third-order valence-corrected chi connectivity index (χ3v) is 4.16. The number of ether oxygens (including phenoxy) is 1. The van der Waals surface area contributed by atoms with Crippen molar-refractivity contribution in [3.8, 4) is 0 Å². The Morgan fingerprint density at radius 2 is 2.18 bits per heavy atom. The molecule has 1 aliphatic heterocycles. The Morgan fingerprint density at radius 3 is 2.88 bits per heavy atom. The first kappa shape index (κ1) is 13.3. The Hall–Kier alpha value is -0.120. The number of morpholine rings is 1. The third-order valence-electron chi connectivity index (χ3n) is 4.16. The molecular formula is C14H28N2O. The molecule has 17 heavy (non-hydrogen) atoms. The smallest absolute Gasteiger partial charge is 0.0620 e. The summed E-state index contributed by atoms with van der Waals surface area (Å²) in [5.74, 6) is 1.01. The zero-order valence-corrected chi connectivity index (χ0v) is 11.2. The third kappa shape index (κ3) is 4.94. The van der Waals surface area contributed by atoms with Crippen molar-refractivity contribution in [3.63, 3.8) is 0 Å². The van der Waals surface area contributed by atoms with Crippen LogP contribution < -0.4 is 10.6 Å². The summed E-state index contributed by atoms with van der Waals surface area (Å²) in [6.07, 6.45) is 8.42. The van der Waals surface area contributed by atoms with E-state index < -0.39 is 0 Å². The highest BCUT2D eigenvalue weighted by molar-refractivity contribution is 4.76. The molecule has 0 spiro atoms. The van der Waals surface area contributed by atoms with E-state index in [0.717, 1.165) is 25.7 Å². The van der Waals surface area contributed by atoms with Gasteiger partial charge in [-0.15, -0.1) is 0 Å². The summed E-state index contributed by atoms with van der Waals surface area (Å²) in [4.78, 5) is 0. The highest BCUT2D eigenvalue weighted by Crippen LogP contribution is 2.26. The molecule has 2 N–H and O–H groups in total. The van der Waals surface area contributed by atoms with Gasteiger partial charge >= 0.3 is 0 Å². The molecule has 0 radical (unpaired) electrons. The van der Waals surface area contributed by atoms with Crippen LogP contribution in [0.4, 0.5) is 0 Å². The van der Waals surface area contributed by atoms with Gasteiger partial charge in [0.15, 0.2) is 0 Å². The molecule has 1 heterocycles. The zero-order chi connectivity index (χ0) is 11.9. The van der Waals surface area contributed by atoms with Crippen molar-refractivity contribution in [1.29, 1.82) is 0 Å². The molecule has 0 aromatic heterocycles. The van der Waals surface area contributed by atoms with E-state index in [1.807, 2.05) is 0 Å². The SMILES string of the molecule is CC(CC1COCCN1)NCCC1CCCC1. The molecule has 2 rings (SSSR count). The predicted octanol–water partition coefficient (Wildman–Crippen LogP) is 1.92. The average molecular weight is 240 g/mol. The molecule has 2 atom stereocenters. The van der Waals surface area contributed by atoms with Crippen molar-refractivity contribution in [2.75, 3.05) is 26.3 Å². The van der Waals surface area contributed by atoms with Crippen LogP contribution in [0.1, 0.15) is 45.4 Å². The van der Waals surface area contributed by atoms with Gasteiger partial charge in [-0.05, 0) is 32.2 Å². The Kier molecular flexibility index (Phi) is 5.75. The van der Waals surface area contributed by atoms with Crippen LogP contribution in [0, 0.1) is 5.92 Å². The summed E-state index contributed by atoms with van der Waals surface area (Å²) in [5, 5.41) is 7.18. The van der Waals surface area contributed by atoms with E-state index in [9.17, 15) is 0 Å². The molecule has 0 amide bonds. The largest absolute Gasteiger partial charge is 0.379 e. The first-order chi connectivity index (χ1) is 8.34. The standard InChI is InChI=1S/C14H28N2O/c1-12(10-14-11-17-9-8-16-14)15-7-6-13-4-2-3-5-13/h12-16H,2-11H2,1H3. The molecule has 3 nitrogen and oxygen atoms in total. The summed E-state index contributed by atoms with van der Waals surface area (Å²) in [7, 11) is 0. The molecule has 1 saturated carbocycles. The fourth-order valence-corrected chi connectivity index (χ4v) is 3.11. The van der Waals surface area contributed by atoms with Crippen molar-refractivity contribution in [2.24, 2.45) is 5.92 Å². The normalized spacial score (nSPS) is 28.4. The molecule has 1 aliphatic carbocycles. The molecule has 2 aliphatic rings. The minimum absolute atomic E-state index is 0.553. The van der Waals surface area contributed by atoms with Gasteiger partial charge in [-0.1, -0.05) is 25.7 Å². The maximum absolute atomic E-state index is 5.48. The second kappa shape index (κ2) is 7.34. The fourth-order valence-electron chi connectivity index (χ4n) is 3.11. The van der Waals surface area contributed by atoms with Crippen molar-refractivity contribution >= 4 is 0 Å². The first-order valence-corrected chi connectivity index (χ1v) is 7.39. The Balaban J connectivity index is 1.52. The van der Waals surface area contributed by atoms with E-state index in [1.54, 1.807) is 0 Å². The van der Waals surface area contributed by atoms with Gasteiger partial charge in [-0.2, -0.15) is 0 Å². The minimum atomic E-state index is 0.553. The van der Waals surface area contributed by atoms with E-state index in [1.165, 1.54) is 45.1 Å². The average Bonchev–Trinajstić information content (AvgIpc) is 2.83. The molecular weight excluding hydrogens is 212 g/mol. The second-order valence-electron chi connectivity index (χ2n) is 5.76. The number of hydrogen-bond acceptors (Lipinski definition) is 3. The Labute approximate surface area is 106 Å². The minimum Gasteiger partial charge on any atom is -0.379 e. The van der Waals surface area contributed by atoms with Crippen molar-refractivity contribution < 1.29 is 4.74 Å². The monoisotopic (exact) mass is 240 g/mol. The summed E-state index contributed by atoms with van der Waals surface area (Å²) >= 11 is 0. The van der Waals surface area contributed by atoms with Crippen LogP contribution in [0.5, 0.6) is 0 Å². The van der Waals surface area contributed by atoms with Gasteiger partial charge in [-0.3, -0.25) is 0 Å². The van der Waals surface area contributed by atoms with Crippen LogP contribution in [-0.4, -0.2) is 38.4 Å². The molecule has 0 bridgehead atoms. The lowest BCUT2D eigenvalue weighted by molar-refractivity contribution is 0.0712. The summed E-state index contributed by atoms with van der Waals surface area (Å²) in [6.45, 7) is 6.26. The quantitative estimate of drug-likeness (QED) is 0.744. The van der Waals surface area contributed by atoms with Crippen LogP contribution in [-0.2, 0) is 4.74 Å². The van der Waals surface area contributed by atoms with Crippen molar-refractivity contribution in [2.45, 2.75) is 57.5 Å². The number of hydrogen-bond donors (Lipinski definition) is 2.